The summed E-state index contributed by atoms with van der Waals surface area (Å²) in [5.41, 5.74) is 3.89. The first-order chi connectivity index (χ1) is 15.9. The molecule has 3 heterocycles. The molecule has 0 spiro atoms. The Morgan fingerprint density at radius 1 is 1.09 bits per heavy atom. The second kappa shape index (κ2) is 8.21. The molecule has 172 valence electrons. The minimum absolute atomic E-state index is 0.0397. The van der Waals surface area contributed by atoms with Gasteiger partial charge in [-0.15, -0.1) is 0 Å². The highest BCUT2D eigenvalue weighted by atomic mass is 16.2. The molecule has 0 aromatic heterocycles. The molecule has 1 saturated heterocycles. The first kappa shape index (κ1) is 21.5. The fourth-order valence-corrected chi connectivity index (χ4v) is 5.51. The molecule has 1 atom stereocenters. The second-order valence-corrected chi connectivity index (χ2v) is 9.24. The van der Waals surface area contributed by atoms with Crippen LogP contribution in [0, 0.1) is 0 Å². The number of likely N-dealkylation sites (N-methyl/N-ethyl adjacent to an activating group) is 1. The molecule has 1 fully saturated rings. The highest BCUT2D eigenvalue weighted by Gasteiger charge is 2.52. The van der Waals surface area contributed by atoms with Gasteiger partial charge in [0.05, 0.1) is 11.3 Å². The Morgan fingerprint density at radius 3 is 2.73 bits per heavy atom. The molecule has 1 unspecified atom stereocenters. The number of amides is 3. The van der Waals surface area contributed by atoms with Gasteiger partial charge in [-0.1, -0.05) is 18.2 Å². The number of hydrogen-bond acceptors (Lipinski definition) is 4. The van der Waals surface area contributed by atoms with Crippen molar-refractivity contribution in [2.24, 2.45) is 0 Å². The number of para-hydroxylation sites is 1. The fourth-order valence-electron chi connectivity index (χ4n) is 5.51. The summed E-state index contributed by atoms with van der Waals surface area (Å²) >= 11 is 0. The second-order valence-electron chi connectivity index (χ2n) is 9.24. The van der Waals surface area contributed by atoms with E-state index < -0.39 is 5.66 Å². The largest absolute Gasteiger partial charge is 0.371 e. The lowest BCUT2D eigenvalue weighted by molar-refractivity contribution is -0.118. The van der Waals surface area contributed by atoms with Crippen LogP contribution < -0.4 is 15.1 Å². The minimum atomic E-state index is -0.678. The Hall–Kier alpha value is -3.35. The van der Waals surface area contributed by atoms with Crippen LogP contribution in [0.3, 0.4) is 0 Å². The van der Waals surface area contributed by atoms with E-state index in [0.717, 1.165) is 25.2 Å². The summed E-state index contributed by atoms with van der Waals surface area (Å²) in [6.45, 7) is 6.49. The molecule has 0 aliphatic carbocycles. The smallest absolute Gasteiger partial charge is 0.257 e. The number of carbonyl (C=O) groups excluding carboxylic acids is 3. The van der Waals surface area contributed by atoms with Crippen LogP contribution in [0.1, 0.15) is 55.5 Å². The van der Waals surface area contributed by atoms with Crippen molar-refractivity contribution in [2.45, 2.75) is 51.6 Å². The van der Waals surface area contributed by atoms with Crippen molar-refractivity contribution in [3.63, 3.8) is 0 Å². The van der Waals surface area contributed by atoms with E-state index in [4.69, 9.17) is 0 Å². The molecule has 3 aliphatic rings. The maximum absolute atomic E-state index is 13.3. The van der Waals surface area contributed by atoms with Gasteiger partial charge in [0.1, 0.15) is 5.66 Å². The maximum Gasteiger partial charge on any atom is 0.257 e. The summed E-state index contributed by atoms with van der Waals surface area (Å²) in [6, 6.07) is 13.4. The number of anilines is 3. The Bertz CT molecular complexity index is 1130. The summed E-state index contributed by atoms with van der Waals surface area (Å²) in [7, 11) is 0. The van der Waals surface area contributed by atoms with Crippen LogP contribution in [0.2, 0.25) is 0 Å². The van der Waals surface area contributed by atoms with E-state index in [1.165, 1.54) is 11.3 Å². The molecular weight excluding hydrogens is 416 g/mol. The van der Waals surface area contributed by atoms with Crippen LogP contribution in [0.15, 0.2) is 42.5 Å². The number of nitrogens with zero attached hydrogens (tertiary/aromatic N) is 3. The first-order valence-corrected chi connectivity index (χ1v) is 11.8. The highest BCUT2D eigenvalue weighted by Crippen LogP contribution is 2.44. The zero-order valence-corrected chi connectivity index (χ0v) is 19.3. The van der Waals surface area contributed by atoms with Gasteiger partial charge in [0.25, 0.3) is 5.91 Å². The number of benzene rings is 2. The first-order valence-electron chi connectivity index (χ1n) is 11.8. The summed E-state index contributed by atoms with van der Waals surface area (Å²) in [5.74, 6) is -0.0963. The van der Waals surface area contributed by atoms with Crippen LogP contribution >= 0.6 is 0 Å². The van der Waals surface area contributed by atoms with Gasteiger partial charge in [0, 0.05) is 43.9 Å². The summed E-state index contributed by atoms with van der Waals surface area (Å²) in [4.78, 5) is 44.5. The fraction of sp³-hybridized carbons (Fsp3) is 0.423. The molecule has 0 radical (unpaired) electrons. The Morgan fingerprint density at radius 2 is 1.91 bits per heavy atom. The molecule has 3 aliphatic heterocycles. The zero-order valence-electron chi connectivity index (χ0n) is 19.3. The average Bonchev–Trinajstić information content (AvgIpc) is 3.36. The molecule has 7 heteroatoms. The number of fused-ring (bicyclic) bond motifs is 4. The normalized spacial score (nSPS) is 21.2. The predicted molar refractivity (Wildman–Crippen MR) is 129 cm³/mol. The standard InChI is InChI=1S/C26H30N4O3/c1-3-28-16-13-18-10-11-19(17-22(18)28)27-23(31)9-6-15-29-25(33)20-7-4-5-8-21(20)30-24(32)12-14-26(29,30)2/h4-5,7-8,10-11,17H,3,6,9,12-16H2,1-2H3,(H,27,31). The lowest BCUT2D eigenvalue weighted by Gasteiger charge is -2.48. The summed E-state index contributed by atoms with van der Waals surface area (Å²) in [6.07, 6.45) is 2.90. The van der Waals surface area contributed by atoms with Gasteiger partial charge in [-0.2, -0.15) is 0 Å². The van der Waals surface area contributed by atoms with Crippen molar-refractivity contribution < 1.29 is 14.4 Å². The average molecular weight is 447 g/mol. The minimum Gasteiger partial charge on any atom is -0.371 e. The van der Waals surface area contributed by atoms with E-state index in [9.17, 15) is 14.4 Å². The molecule has 2 aromatic carbocycles. The third kappa shape index (κ3) is 3.56. The van der Waals surface area contributed by atoms with E-state index in [-0.39, 0.29) is 17.7 Å². The monoisotopic (exact) mass is 446 g/mol. The van der Waals surface area contributed by atoms with Gasteiger partial charge in [-0.05, 0) is 62.9 Å². The molecule has 33 heavy (non-hydrogen) atoms. The topological polar surface area (TPSA) is 73.0 Å². The van der Waals surface area contributed by atoms with Crippen molar-refractivity contribution in [1.29, 1.82) is 0 Å². The number of carbonyl (C=O) groups is 3. The molecule has 3 amide bonds. The Labute approximate surface area is 194 Å². The third-order valence-corrected chi connectivity index (χ3v) is 7.27. The lowest BCUT2D eigenvalue weighted by atomic mass is 9.98. The van der Waals surface area contributed by atoms with Gasteiger partial charge >= 0.3 is 0 Å². The molecule has 1 N–H and O–H groups in total. The van der Waals surface area contributed by atoms with Gasteiger partial charge in [-0.3, -0.25) is 19.3 Å². The highest BCUT2D eigenvalue weighted by molar-refractivity contribution is 6.10. The van der Waals surface area contributed by atoms with E-state index >= 15 is 0 Å². The molecule has 7 nitrogen and oxygen atoms in total. The Kier molecular flexibility index (Phi) is 5.35. The molecule has 0 saturated carbocycles. The molecular formula is C26H30N4O3. The molecule has 5 rings (SSSR count). The zero-order chi connectivity index (χ0) is 23.2. The molecule has 2 aromatic rings. The van der Waals surface area contributed by atoms with E-state index in [1.807, 2.05) is 31.2 Å². The van der Waals surface area contributed by atoms with E-state index in [2.05, 4.69) is 29.3 Å². The number of hydrogen-bond donors (Lipinski definition) is 1. The van der Waals surface area contributed by atoms with Gasteiger partial charge in [0.2, 0.25) is 11.8 Å². The Balaban J connectivity index is 1.25. The van der Waals surface area contributed by atoms with E-state index in [0.29, 0.717) is 43.5 Å². The maximum atomic E-state index is 13.3. The van der Waals surface area contributed by atoms with Gasteiger partial charge < -0.3 is 15.1 Å². The quantitative estimate of drug-likeness (QED) is 0.733. The molecule has 0 bridgehead atoms. The number of nitrogens with one attached hydrogen (secondary N) is 1. The van der Waals surface area contributed by atoms with Crippen LogP contribution in [0.25, 0.3) is 0 Å². The van der Waals surface area contributed by atoms with Crippen LogP contribution in [-0.2, 0) is 16.0 Å². The number of rotatable bonds is 6. The van der Waals surface area contributed by atoms with Crippen molar-refractivity contribution in [3.05, 3.63) is 53.6 Å². The van der Waals surface area contributed by atoms with Crippen LogP contribution in [0.4, 0.5) is 17.1 Å². The summed E-state index contributed by atoms with van der Waals surface area (Å²) < 4.78 is 0. The third-order valence-electron chi connectivity index (χ3n) is 7.27. The van der Waals surface area contributed by atoms with E-state index in [1.54, 1.807) is 15.9 Å². The van der Waals surface area contributed by atoms with Gasteiger partial charge in [-0.25, -0.2) is 0 Å². The van der Waals surface area contributed by atoms with Crippen LogP contribution in [0.5, 0.6) is 0 Å². The SMILES string of the molecule is CCN1CCc2ccc(NC(=O)CCCN3C(=O)c4ccccc4N4C(=O)CCC34C)cc21. The van der Waals surface area contributed by atoms with Crippen LogP contribution in [-0.4, -0.2) is 47.9 Å². The van der Waals surface area contributed by atoms with Crippen molar-refractivity contribution in [1.82, 2.24) is 4.90 Å². The summed E-state index contributed by atoms with van der Waals surface area (Å²) in [5, 5.41) is 3.01. The van der Waals surface area contributed by atoms with Crippen molar-refractivity contribution in [2.75, 3.05) is 34.8 Å². The van der Waals surface area contributed by atoms with Gasteiger partial charge in [0.15, 0.2) is 0 Å². The predicted octanol–water partition coefficient (Wildman–Crippen LogP) is 3.79. The van der Waals surface area contributed by atoms with Crippen molar-refractivity contribution >= 4 is 34.8 Å². The lowest BCUT2D eigenvalue weighted by Crippen LogP contribution is -2.62. The van der Waals surface area contributed by atoms with Crippen molar-refractivity contribution in [3.8, 4) is 0 Å².